The minimum atomic E-state index is -0.339. The number of rotatable bonds is 3. The molecule has 0 saturated carbocycles. The average Bonchev–Trinajstić information content (AvgIpc) is 2.61. The number of morpholine rings is 1. The first-order valence-corrected chi connectivity index (χ1v) is 8.65. The number of aromatic amines is 1. The largest absolute Gasteiger partial charge is 0.366 e. The predicted octanol–water partition coefficient (Wildman–Crippen LogP) is 2.92. The lowest BCUT2D eigenvalue weighted by Crippen LogP contribution is -2.49. The van der Waals surface area contributed by atoms with Crippen LogP contribution in [0.15, 0.2) is 47.3 Å². The molecule has 1 N–H and O–H groups in total. The first-order chi connectivity index (χ1) is 12.0. The highest BCUT2D eigenvalue weighted by Crippen LogP contribution is 2.28. The van der Waals surface area contributed by atoms with Gasteiger partial charge in [-0.15, -0.1) is 0 Å². The Labute approximate surface area is 147 Å². The molecule has 1 aliphatic rings. The van der Waals surface area contributed by atoms with E-state index in [2.05, 4.69) is 18.8 Å². The normalized spacial score (nSPS) is 20.7. The Bertz CT molecular complexity index is 798. The molecule has 5 nitrogen and oxygen atoms in total. The molecule has 1 aliphatic heterocycles. The van der Waals surface area contributed by atoms with E-state index in [1.807, 2.05) is 30.3 Å². The molecular formula is C20H24N2O3. The van der Waals surface area contributed by atoms with E-state index < -0.39 is 0 Å². The number of nitrogens with one attached hydrogen (secondary N) is 1. The van der Waals surface area contributed by atoms with Crippen LogP contribution in [0.4, 0.5) is 0 Å². The van der Waals surface area contributed by atoms with Crippen LogP contribution in [-0.2, 0) is 4.74 Å². The van der Waals surface area contributed by atoms with Crippen LogP contribution < -0.4 is 5.56 Å². The lowest BCUT2D eigenvalue weighted by atomic mass is 10.0. The molecule has 0 bridgehead atoms. The third kappa shape index (κ3) is 3.82. The monoisotopic (exact) mass is 340 g/mol. The second-order valence-corrected chi connectivity index (χ2v) is 6.91. The molecule has 0 aliphatic carbocycles. The molecule has 1 aromatic carbocycles. The topological polar surface area (TPSA) is 62.4 Å². The van der Waals surface area contributed by atoms with Crippen molar-refractivity contribution in [2.24, 2.45) is 5.92 Å². The summed E-state index contributed by atoms with van der Waals surface area (Å²) in [7, 11) is 0. The maximum absolute atomic E-state index is 12.9. The van der Waals surface area contributed by atoms with Gasteiger partial charge in [0, 0.05) is 12.2 Å². The SMILES string of the molecule is Cc1ccc(C(=O)N2C[C@@H](c3ccccc3)O[C@@H](C(C)C)C2)c(=O)[nH]1. The van der Waals surface area contributed by atoms with E-state index in [0.717, 1.165) is 11.3 Å². The molecular weight excluding hydrogens is 316 g/mol. The molecule has 1 amide bonds. The summed E-state index contributed by atoms with van der Waals surface area (Å²) < 4.78 is 6.22. The second-order valence-electron chi connectivity index (χ2n) is 6.91. The number of aromatic nitrogens is 1. The van der Waals surface area contributed by atoms with Crippen molar-refractivity contribution in [2.75, 3.05) is 13.1 Å². The first kappa shape index (κ1) is 17.4. The minimum Gasteiger partial charge on any atom is -0.366 e. The van der Waals surface area contributed by atoms with Gasteiger partial charge in [-0.1, -0.05) is 44.2 Å². The zero-order valence-electron chi connectivity index (χ0n) is 14.9. The molecule has 0 radical (unpaired) electrons. The van der Waals surface area contributed by atoms with Crippen molar-refractivity contribution in [3.8, 4) is 0 Å². The summed E-state index contributed by atoms with van der Waals surface area (Å²) >= 11 is 0. The Morgan fingerprint density at radius 1 is 1.16 bits per heavy atom. The van der Waals surface area contributed by atoms with E-state index >= 15 is 0 Å². The molecule has 1 saturated heterocycles. The summed E-state index contributed by atoms with van der Waals surface area (Å²) in [4.78, 5) is 29.5. The van der Waals surface area contributed by atoms with Crippen molar-refractivity contribution < 1.29 is 9.53 Å². The van der Waals surface area contributed by atoms with Crippen molar-refractivity contribution >= 4 is 5.91 Å². The molecule has 132 valence electrons. The molecule has 2 atom stereocenters. The second kappa shape index (κ2) is 7.23. The Hall–Kier alpha value is -2.40. The number of H-pyrrole nitrogens is 1. The Morgan fingerprint density at radius 2 is 1.88 bits per heavy atom. The van der Waals surface area contributed by atoms with Gasteiger partial charge in [-0.25, -0.2) is 0 Å². The van der Waals surface area contributed by atoms with Gasteiger partial charge < -0.3 is 14.6 Å². The fraction of sp³-hybridized carbons (Fsp3) is 0.400. The van der Waals surface area contributed by atoms with E-state index in [1.165, 1.54) is 0 Å². The number of benzene rings is 1. The van der Waals surface area contributed by atoms with Gasteiger partial charge in [-0.05, 0) is 30.5 Å². The Balaban J connectivity index is 1.88. The number of hydrogen-bond donors (Lipinski definition) is 1. The Kier molecular flexibility index (Phi) is 5.04. The van der Waals surface area contributed by atoms with Crippen molar-refractivity contribution in [1.29, 1.82) is 0 Å². The van der Waals surface area contributed by atoms with E-state index in [9.17, 15) is 9.59 Å². The number of ether oxygens (including phenoxy) is 1. The van der Waals surface area contributed by atoms with Crippen LogP contribution in [0.3, 0.4) is 0 Å². The highest BCUT2D eigenvalue weighted by molar-refractivity contribution is 5.94. The maximum atomic E-state index is 12.9. The number of nitrogens with zero attached hydrogens (tertiary/aromatic N) is 1. The van der Waals surface area contributed by atoms with Gasteiger partial charge in [0.05, 0.1) is 12.6 Å². The fourth-order valence-corrected chi connectivity index (χ4v) is 3.09. The van der Waals surface area contributed by atoms with Crippen LogP contribution in [0, 0.1) is 12.8 Å². The van der Waals surface area contributed by atoms with Crippen molar-refractivity contribution in [3.05, 3.63) is 69.6 Å². The Morgan fingerprint density at radius 3 is 2.52 bits per heavy atom. The summed E-state index contributed by atoms with van der Waals surface area (Å²) in [6.07, 6.45) is -0.247. The van der Waals surface area contributed by atoms with Crippen LogP contribution in [0.5, 0.6) is 0 Å². The quantitative estimate of drug-likeness (QED) is 0.934. The molecule has 25 heavy (non-hydrogen) atoms. The molecule has 2 aromatic rings. The number of carbonyl (C=O) groups is 1. The molecule has 0 spiro atoms. The average molecular weight is 340 g/mol. The van der Waals surface area contributed by atoms with Crippen LogP contribution in [0.25, 0.3) is 0 Å². The highest BCUT2D eigenvalue weighted by atomic mass is 16.5. The molecule has 1 aromatic heterocycles. The first-order valence-electron chi connectivity index (χ1n) is 8.65. The van der Waals surface area contributed by atoms with Gasteiger partial charge in [0.15, 0.2) is 0 Å². The predicted molar refractivity (Wildman–Crippen MR) is 96.6 cm³/mol. The molecule has 1 fully saturated rings. The van der Waals surface area contributed by atoms with Crippen molar-refractivity contribution in [1.82, 2.24) is 9.88 Å². The number of amides is 1. The van der Waals surface area contributed by atoms with Gasteiger partial charge in [-0.2, -0.15) is 0 Å². The molecule has 2 heterocycles. The van der Waals surface area contributed by atoms with Gasteiger partial charge in [0.1, 0.15) is 11.7 Å². The molecule has 5 heteroatoms. The number of aryl methyl sites for hydroxylation is 1. The van der Waals surface area contributed by atoms with Crippen molar-refractivity contribution in [2.45, 2.75) is 33.0 Å². The number of carbonyl (C=O) groups excluding carboxylic acids is 1. The van der Waals surface area contributed by atoms with Gasteiger partial charge in [0.2, 0.25) is 0 Å². The van der Waals surface area contributed by atoms with Crippen LogP contribution >= 0.6 is 0 Å². The van der Waals surface area contributed by atoms with Crippen LogP contribution in [-0.4, -0.2) is 35.0 Å². The summed E-state index contributed by atoms with van der Waals surface area (Å²) in [5, 5.41) is 0. The summed E-state index contributed by atoms with van der Waals surface area (Å²) in [6, 6.07) is 13.3. The van der Waals surface area contributed by atoms with Gasteiger partial charge >= 0.3 is 0 Å². The summed E-state index contributed by atoms with van der Waals surface area (Å²) in [5.74, 6) is 0.0363. The van der Waals surface area contributed by atoms with E-state index in [1.54, 1.807) is 24.0 Å². The zero-order valence-corrected chi connectivity index (χ0v) is 14.9. The lowest BCUT2D eigenvalue weighted by Gasteiger charge is -2.40. The summed E-state index contributed by atoms with van der Waals surface area (Å²) in [6.45, 7) is 6.90. The zero-order chi connectivity index (χ0) is 18.0. The fourth-order valence-electron chi connectivity index (χ4n) is 3.09. The molecule has 0 unspecified atom stereocenters. The third-order valence-electron chi connectivity index (χ3n) is 4.61. The van der Waals surface area contributed by atoms with Gasteiger partial charge in [0.25, 0.3) is 11.5 Å². The van der Waals surface area contributed by atoms with Crippen LogP contribution in [0.1, 0.15) is 41.6 Å². The number of hydrogen-bond acceptors (Lipinski definition) is 3. The lowest BCUT2D eigenvalue weighted by molar-refractivity contribution is -0.0954. The minimum absolute atomic E-state index is 0.0626. The third-order valence-corrected chi connectivity index (χ3v) is 4.61. The van der Waals surface area contributed by atoms with E-state index in [4.69, 9.17) is 4.74 Å². The summed E-state index contributed by atoms with van der Waals surface area (Å²) in [5.41, 5.74) is 1.63. The van der Waals surface area contributed by atoms with Crippen molar-refractivity contribution in [3.63, 3.8) is 0 Å². The highest BCUT2D eigenvalue weighted by Gasteiger charge is 2.33. The van der Waals surface area contributed by atoms with E-state index in [0.29, 0.717) is 13.1 Å². The maximum Gasteiger partial charge on any atom is 0.260 e. The standard InChI is InChI=1S/C20H24N2O3/c1-13(2)17-11-22(12-18(25-17)15-7-5-4-6-8-15)20(24)16-10-9-14(3)21-19(16)23/h4-10,13,17-18H,11-12H2,1-3H3,(H,21,23)/t17-,18+/m1/s1. The van der Waals surface area contributed by atoms with E-state index in [-0.39, 0.29) is 35.2 Å². The van der Waals surface area contributed by atoms with Gasteiger partial charge in [-0.3, -0.25) is 9.59 Å². The smallest absolute Gasteiger partial charge is 0.260 e. The van der Waals surface area contributed by atoms with Crippen LogP contribution in [0.2, 0.25) is 0 Å². The number of pyridine rings is 1. The molecule has 3 rings (SSSR count).